The van der Waals surface area contributed by atoms with Gasteiger partial charge in [-0.15, -0.1) is 0 Å². The molecule has 2 amide bonds. The Morgan fingerprint density at radius 3 is 2.42 bits per heavy atom. The first-order chi connectivity index (χ1) is 11.4. The Kier molecular flexibility index (Phi) is 5.98. The first kappa shape index (κ1) is 18.0. The zero-order valence-electron chi connectivity index (χ0n) is 13.8. The monoisotopic (exact) mass is 390 g/mol. The lowest BCUT2D eigenvalue weighted by atomic mass is 10.2. The molecule has 2 aromatic rings. The van der Waals surface area contributed by atoms with E-state index < -0.39 is 0 Å². The van der Waals surface area contributed by atoms with Crippen LogP contribution in [0.25, 0.3) is 0 Å². The van der Waals surface area contributed by atoms with Gasteiger partial charge in [0.2, 0.25) is 5.91 Å². The van der Waals surface area contributed by atoms with Crippen LogP contribution in [-0.4, -0.2) is 37.4 Å². The Morgan fingerprint density at radius 2 is 1.83 bits per heavy atom. The number of nitrogens with zero attached hydrogens (tertiary/aromatic N) is 1. The second kappa shape index (κ2) is 7.97. The summed E-state index contributed by atoms with van der Waals surface area (Å²) in [5, 5.41) is 2.77. The Morgan fingerprint density at radius 1 is 1.17 bits per heavy atom. The van der Waals surface area contributed by atoms with Crippen molar-refractivity contribution in [3.8, 4) is 5.75 Å². The van der Waals surface area contributed by atoms with Crippen LogP contribution >= 0.6 is 15.9 Å². The van der Waals surface area contributed by atoms with Gasteiger partial charge < -0.3 is 15.0 Å². The molecule has 0 unspecified atom stereocenters. The highest BCUT2D eigenvalue weighted by Crippen LogP contribution is 2.25. The van der Waals surface area contributed by atoms with E-state index in [1.165, 1.54) is 4.90 Å². The number of aryl methyl sites for hydroxylation is 1. The van der Waals surface area contributed by atoms with Crippen LogP contribution < -0.4 is 10.1 Å². The molecule has 0 radical (unpaired) electrons. The average Bonchev–Trinajstić information content (AvgIpc) is 2.56. The minimum absolute atomic E-state index is 0.0314. The van der Waals surface area contributed by atoms with Crippen molar-refractivity contribution in [2.75, 3.05) is 26.0 Å². The average molecular weight is 391 g/mol. The van der Waals surface area contributed by atoms with E-state index >= 15 is 0 Å². The lowest BCUT2D eigenvalue weighted by Crippen LogP contribution is -2.34. The predicted molar refractivity (Wildman–Crippen MR) is 97.5 cm³/mol. The summed E-state index contributed by atoms with van der Waals surface area (Å²) in [4.78, 5) is 25.9. The SMILES string of the molecule is COc1ccc(C(=O)N(C)CC(=O)Nc2ccc(C)cc2)cc1Br. The highest BCUT2D eigenvalue weighted by molar-refractivity contribution is 9.10. The minimum atomic E-state index is -0.248. The molecule has 2 aromatic carbocycles. The molecule has 0 aliphatic rings. The molecule has 0 heterocycles. The zero-order valence-corrected chi connectivity index (χ0v) is 15.4. The minimum Gasteiger partial charge on any atom is -0.496 e. The van der Waals surface area contributed by atoms with Crippen molar-refractivity contribution >= 4 is 33.4 Å². The van der Waals surface area contributed by atoms with Gasteiger partial charge in [0.1, 0.15) is 5.75 Å². The van der Waals surface area contributed by atoms with Crippen LogP contribution in [0.2, 0.25) is 0 Å². The van der Waals surface area contributed by atoms with Crippen molar-refractivity contribution in [2.24, 2.45) is 0 Å². The number of ether oxygens (including phenoxy) is 1. The van der Waals surface area contributed by atoms with Crippen LogP contribution in [0.15, 0.2) is 46.9 Å². The standard InChI is InChI=1S/C18H19BrN2O3/c1-12-4-7-14(8-5-12)20-17(22)11-21(2)18(23)13-6-9-16(24-3)15(19)10-13/h4-10H,11H2,1-3H3,(H,20,22). The molecule has 0 saturated carbocycles. The largest absolute Gasteiger partial charge is 0.496 e. The molecule has 0 aromatic heterocycles. The van der Waals surface area contributed by atoms with Gasteiger partial charge in [-0.2, -0.15) is 0 Å². The molecule has 0 aliphatic heterocycles. The second-order valence-electron chi connectivity index (χ2n) is 5.42. The molecular formula is C18H19BrN2O3. The van der Waals surface area contributed by atoms with Crippen molar-refractivity contribution < 1.29 is 14.3 Å². The van der Waals surface area contributed by atoms with Crippen LogP contribution in [0.5, 0.6) is 5.75 Å². The molecule has 24 heavy (non-hydrogen) atoms. The number of amides is 2. The molecule has 6 heteroatoms. The summed E-state index contributed by atoms with van der Waals surface area (Å²) in [7, 11) is 3.15. The van der Waals surface area contributed by atoms with Crippen molar-refractivity contribution in [3.63, 3.8) is 0 Å². The van der Waals surface area contributed by atoms with Crippen molar-refractivity contribution in [3.05, 3.63) is 58.1 Å². The lowest BCUT2D eigenvalue weighted by Gasteiger charge is -2.17. The van der Waals surface area contributed by atoms with Gasteiger partial charge in [0.05, 0.1) is 18.1 Å². The lowest BCUT2D eigenvalue weighted by molar-refractivity contribution is -0.116. The molecule has 0 aliphatic carbocycles. The van der Waals surface area contributed by atoms with Crippen molar-refractivity contribution in [1.29, 1.82) is 0 Å². The number of hydrogen-bond acceptors (Lipinski definition) is 3. The highest BCUT2D eigenvalue weighted by atomic mass is 79.9. The highest BCUT2D eigenvalue weighted by Gasteiger charge is 2.16. The van der Waals surface area contributed by atoms with E-state index in [-0.39, 0.29) is 18.4 Å². The van der Waals surface area contributed by atoms with Crippen molar-refractivity contribution in [1.82, 2.24) is 4.90 Å². The Hall–Kier alpha value is -2.34. The van der Waals surface area contributed by atoms with Gasteiger partial charge in [0.15, 0.2) is 0 Å². The number of carbonyl (C=O) groups is 2. The number of methoxy groups -OCH3 is 1. The van der Waals surface area contributed by atoms with Crippen LogP contribution in [0.4, 0.5) is 5.69 Å². The fourth-order valence-electron chi connectivity index (χ4n) is 2.14. The van der Waals surface area contributed by atoms with Crippen LogP contribution in [0.1, 0.15) is 15.9 Å². The maximum absolute atomic E-state index is 12.4. The molecule has 0 atom stereocenters. The summed E-state index contributed by atoms with van der Waals surface area (Å²) >= 11 is 3.35. The van der Waals surface area contributed by atoms with Gasteiger partial charge in [-0.05, 0) is 53.2 Å². The number of hydrogen-bond donors (Lipinski definition) is 1. The summed E-state index contributed by atoms with van der Waals surface area (Å²) < 4.78 is 5.83. The van der Waals surface area contributed by atoms with E-state index in [1.54, 1.807) is 32.4 Å². The number of likely N-dealkylation sites (N-methyl/N-ethyl adjacent to an activating group) is 1. The van der Waals surface area contributed by atoms with E-state index in [4.69, 9.17) is 4.74 Å². The maximum Gasteiger partial charge on any atom is 0.254 e. The van der Waals surface area contributed by atoms with Gasteiger partial charge in [-0.3, -0.25) is 9.59 Å². The number of rotatable bonds is 5. The first-order valence-electron chi connectivity index (χ1n) is 7.36. The third-order valence-electron chi connectivity index (χ3n) is 3.46. The molecule has 2 rings (SSSR count). The third-order valence-corrected chi connectivity index (χ3v) is 4.08. The van der Waals surface area contributed by atoms with Crippen LogP contribution in [-0.2, 0) is 4.79 Å². The Balaban J connectivity index is 1.99. The predicted octanol–water partition coefficient (Wildman–Crippen LogP) is 3.48. The molecule has 5 nitrogen and oxygen atoms in total. The van der Waals surface area contributed by atoms with E-state index in [1.807, 2.05) is 31.2 Å². The van der Waals surface area contributed by atoms with Gasteiger partial charge in [0, 0.05) is 18.3 Å². The molecule has 1 N–H and O–H groups in total. The van der Waals surface area contributed by atoms with Crippen molar-refractivity contribution in [2.45, 2.75) is 6.92 Å². The van der Waals surface area contributed by atoms with E-state index in [0.29, 0.717) is 21.5 Å². The second-order valence-corrected chi connectivity index (χ2v) is 6.28. The third kappa shape index (κ3) is 4.58. The number of nitrogens with one attached hydrogen (secondary N) is 1. The molecule has 0 saturated heterocycles. The summed E-state index contributed by atoms with van der Waals surface area (Å²) in [5.74, 6) is 0.158. The van der Waals surface area contributed by atoms with Crippen LogP contribution in [0, 0.1) is 6.92 Å². The summed E-state index contributed by atoms with van der Waals surface area (Å²) in [6.07, 6.45) is 0. The topological polar surface area (TPSA) is 58.6 Å². The number of halogens is 1. The number of carbonyl (C=O) groups excluding carboxylic acids is 2. The van der Waals surface area contributed by atoms with Gasteiger partial charge in [-0.1, -0.05) is 17.7 Å². The smallest absolute Gasteiger partial charge is 0.254 e. The number of benzene rings is 2. The van der Waals surface area contributed by atoms with Gasteiger partial charge >= 0.3 is 0 Å². The Bertz CT molecular complexity index is 744. The Labute approximate surface area is 149 Å². The molecule has 0 bridgehead atoms. The number of anilines is 1. The fraction of sp³-hybridized carbons (Fsp3) is 0.222. The molecule has 0 spiro atoms. The summed E-state index contributed by atoms with van der Waals surface area (Å²) in [5.41, 5.74) is 2.30. The van der Waals surface area contributed by atoms with Gasteiger partial charge in [-0.25, -0.2) is 0 Å². The summed E-state index contributed by atoms with van der Waals surface area (Å²) in [6, 6.07) is 12.5. The van der Waals surface area contributed by atoms with E-state index in [0.717, 1.165) is 5.56 Å². The summed E-state index contributed by atoms with van der Waals surface area (Å²) in [6.45, 7) is 1.95. The first-order valence-corrected chi connectivity index (χ1v) is 8.15. The molecule has 0 fully saturated rings. The van der Waals surface area contributed by atoms with Gasteiger partial charge in [0.25, 0.3) is 5.91 Å². The molecule has 126 valence electrons. The van der Waals surface area contributed by atoms with E-state index in [2.05, 4.69) is 21.2 Å². The quantitative estimate of drug-likeness (QED) is 0.849. The normalized spacial score (nSPS) is 10.2. The van der Waals surface area contributed by atoms with Crippen LogP contribution in [0.3, 0.4) is 0 Å². The maximum atomic E-state index is 12.4. The zero-order chi connectivity index (χ0) is 17.7. The molecular weight excluding hydrogens is 372 g/mol. The van der Waals surface area contributed by atoms with E-state index in [9.17, 15) is 9.59 Å². The fourth-order valence-corrected chi connectivity index (χ4v) is 2.69.